The standard InChI is InChI=1S/C11H15N5O3S/c1-19-6-5-16-8-11(13-15-16)9-3-2-4-10(7-9)14-20(12,17)18/h2-4,7-8,14H,5-6H2,1H3,(H2,12,17,18). The second-order valence-corrected chi connectivity index (χ2v) is 5.38. The number of hydrogen-bond donors (Lipinski definition) is 2. The van der Waals surface area contributed by atoms with Gasteiger partial charge in [-0.1, -0.05) is 17.3 Å². The molecule has 1 heterocycles. The Bertz CT molecular complexity index is 683. The van der Waals surface area contributed by atoms with Gasteiger partial charge in [0.2, 0.25) is 0 Å². The fourth-order valence-electron chi connectivity index (χ4n) is 1.63. The maximum Gasteiger partial charge on any atom is 0.296 e. The topological polar surface area (TPSA) is 112 Å². The normalized spacial score (nSPS) is 11.5. The van der Waals surface area contributed by atoms with E-state index in [4.69, 9.17) is 9.88 Å². The Morgan fingerprint density at radius 2 is 2.25 bits per heavy atom. The Hall–Kier alpha value is -1.97. The van der Waals surface area contributed by atoms with E-state index in [1.54, 1.807) is 42.3 Å². The van der Waals surface area contributed by atoms with Gasteiger partial charge in [-0.3, -0.25) is 4.72 Å². The lowest BCUT2D eigenvalue weighted by atomic mass is 10.1. The number of hydrogen-bond acceptors (Lipinski definition) is 5. The fraction of sp³-hybridized carbons (Fsp3) is 0.273. The molecule has 0 spiro atoms. The van der Waals surface area contributed by atoms with Crippen LogP contribution in [-0.2, 0) is 21.5 Å². The van der Waals surface area contributed by atoms with Crippen molar-refractivity contribution in [1.82, 2.24) is 15.0 Å². The molecule has 0 aliphatic rings. The monoisotopic (exact) mass is 297 g/mol. The molecular formula is C11H15N5O3S. The highest BCUT2D eigenvalue weighted by Crippen LogP contribution is 2.20. The van der Waals surface area contributed by atoms with E-state index in [0.29, 0.717) is 24.5 Å². The van der Waals surface area contributed by atoms with E-state index < -0.39 is 10.2 Å². The zero-order chi connectivity index (χ0) is 14.6. The summed E-state index contributed by atoms with van der Waals surface area (Å²) in [7, 11) is -2.18. The second kappa shape index (κ2) is 5.99. The van der Waals surface area contributed by atoms with Crippen molar-refractivity contribution in [3.8, 4) is 11.3 Å². The van der Waals surface area contributed by atoms with Gasteiger partial charge in [0.25, 0.3) is 10.2 Å². The van der Waals surface area contributed by atoms with Gasteiger partial charge in [-0.2, -0.15) is 8.42 Å². The van der Waals surface area contributed by atoms with Crippen LogP contribution in [0.2, 0.25) is 0 Å². The average molecular weight is 297 g/mol. The minimum absolute atomic E-state index is 0.372. The Morgan fingerprint density at radius 3 is 2.95 bits per heavy atom. The summed E-state index contributed by atoms with van der Waals surface area (Å²) < 4.78 is 30.8. The number of ether oxygens (including phenoxy) is 1. The predicted molar refractivity (Wildman–Crippen MR) is 74.1 cm³/mol. The van der Waals surface area contributed by atoms with Crippen LogP contribution < -0.4 is 9.86 Å². The molecule has 0 fully saturated rings. The molecule has 0 amide bonds. The number of aromatic nitrogens is 3. The second-order valence-electron chi connectivity index (χ2n) is 4.09. The molecule has 108 valence electrons. The first-order valence-corrected chi connectivity index (χ1v) is 7.32. The van der Waals surface area contributed by atoms with E-state index in [1.807, 2.05) is 0 Å². The number of nitrogens with zero attached hydrogens (tertiary/aromatic N) is 3. The maximum absolute atomic E-state index is 11.0. The lowest BCUT2D eigenvalue weighted by Gasteiger charge is -2.04. The van der Waals surface area contributed by atoms with Crippen LogP contribution in [0.4, 0.5) is 5.69 Å². The molecule has 20 heavy (non-hydrogen) atoms. The third-order valence-corrected chi connectivity index (χ3v) is 3.00. The first-order valence-electron chi connectivity index (χ1n) is 5.78. The predicted octanol–water partition coefficient (Wildman–Crippen LogP) is 0.207. The van der Waals surface area contributed by atoms with Gasteiger partial charge in [-0.05, 0) is 12.1 Å². The smallest absolute Gasteiger partial charge is 0.296 e. The molecule has 0 saturated heterocycles. The van der Waals surface area contributed by atoms with Gasteiger partial charge >= 0.3 is 0 Å². The molecule has 3 N–H and O–H groups in total. The summed E-state index contributed by atoms with van der Waals surface area (Å²) in [5, 5.41) is 12.9. The summed E-state index contributed by atoms with van der Waals surface area (Å²) >= 11 is 0. The Balaban J connectivity index is 2.20. The van der Waals surface area contributed by atoms with Crippen molar-refractivity contribution in [2.24, 2.45) is 5.14 Å². The van der Waals surface area contributed by atoms with E-state index in [-0.39, 0.29) is 0 Å². The number of methoxy groups -OCH3 is 1. The van der Waals surface area contributed by atoms with Gasteiger partial charge in [0, 0.05) is 12.7 Å². The molecule has 1 aromatic heterocycles. The highest BCUT2D eigenvalue weighted by molar-refractivity contribution is 7.90. The van der Waals surface area contributed by atoms with Crippen LogP contribution in [0.15, 0.2) is 30.5 Å². The largest absolute Gasteiger partial charge is 0.383 e. The van der Waals surface area contributed by atoms with Gasteiger partial charge in [0.1, 0.15) is 5.69 Å². The van der Waals surface area contributed by atoms with Crippen molar-refractivity contribution in [3.63, 3.8) is 0 Å². The van der Waals surface area contributed by atoms with Gasteiger partial charge in [0.05, 0.1) is 25.0 Å². The fourth-order valence-corrected chi connectivity index (χ4v) is 2.09. The number of nitrogens with one attached hydrogen (secondary N) is 1. The summed E-state index contributed by atoms with van der Waals surface area (Å²) in [4.78, 5) is 0. The SMILES string of the molecule is COCCn1cc(-c2cccc(NS(N)(=O)=O)c2)nn1. The summed E-state index contributed by atoms with van der Waals surface area (Å²) in [6, 6.07) is 6.74. The molecule has 1 aromatic carbocycles. The van der Waals surface area contributed by atoms with E-state index in [2.05, 4.69) is 15.0 Å². The number of rotatable bonds is 6. The van der Waals surface area contributed by atoms with Crippen LogP contribution >= 0.6 is 0 Å². The quantitative estimate of drug-likeness (QED) is 0.791. The molecular weight excluding hydrogens is 282 g/mol. The van der Waals surface area contributed by atoms with Gasteiger partial charge < -0.3 is 4.74 Å². The minimum Gasteiger partial charge on any atom is -0.383 e. The van der Waals surface area contributed by atoms with Gasteiger partial charge in [-0.15, -0.1) is 5.10 Å². The molecule has 0 aliphatic carbocycles. The molecule has 0 atom stereocenters. The number of anilines is 1. The summed E-state index contributed by atoms with van der Waals surface area (Å²) in [6.45, 7) is 1.13. The Labute approximate surface area is 116 Å². The van der Waals surface area contributed by atoms with E-state index in [1.165, 1.54) is 0 Å². The number of nitrogens with two attached hydrogens (primary N) is 1. The van der Waals surface area contributed by atoms with Crippen LogP contribution in [0.5, 0.6) is 0 Å². The van der Waals surface area contributed by atoms with Crippen molar-refractivity contribution in [3.05, 3.63) is 30.5 Å². The van der Waals surface area contributed by atoms with Crippen molar-refractivity contribution in [2.45, 2.75) is 6.54 Å². The van der Waals surface area contributed by atoms with Crippen LogP contribution in [0.3, 0.4) is 0 Å². The molecule has 0 unspecified atom stereocenters. The van der Waals surface area contributed by atoms with E-state index in [0.717, 1.165) is 5.56 Å². The van der Waals surface area contributed by atoms with Crippen molar-refractivity contribution < 1.29 is 13.2 Å². The van der Waals surface area contributed by atoms with E-state index >= 15 is 0 Å². The molecule has 2 aromatic rings. The molecule has 8 nitrogen and oxygen atoms in total. The molecule has 9 heteroatoms. The summed E-state index contributed by atoms with van der Waals surface area (Å²) in [6.07, 6.45) is 1.76. The molecule has 0 radical (unpaired) electrons. The average Bonchev–Trinajstić information content (AvgIpc) is 2.83. The third kappa shape index (κ3) is 4.02. The number of benzene rings is 1. The lowest BCUT2D eigenvalue weighted by molar-refractivity contribution is 0.183. The molecule has 0 aliphatic heterocycles. The van der Waals surface area contributed by atoms with Crippen LogP contribution in [-0.4, -0.2) is 37.1 Å². The highest BCUT2D eigenvalue weighted by atomic mass is 32.2. The van der Waals surface area contributed by atoms with E-state index in [9.17, 15) is 8.42 Å². The van der Waals surface area contributed by atoms with Crippen LogP contribution in [0.1, 0.15) is 0 Å². The van der Waals surface area contributed by atoms with Gasteiger partial charge in [-0.25, -0.2) is 9.82 Å². The highest BCUT2D eigenvalue weighted by Gasteiger charge is 2.07. The Kier molecular flexibility index (Phi) is 4.32. The Morgan fingerprint density at radius 1 is 1.45 bits per heavy atom. The third-order valence-electron chi connectivity index (χ3n) is 2.48. The van der Waals surface area contributed by atoms with Crippen molar-refractivity contribution in [2.75, 3.05) is 18.4 Å². The lowest BCUT2D eigenvalue weighted by Crippen LogP contribution is -2.21. The van der Waals surface area contributed by atoms with Gasteiger partial charge in [0.15, 0.2) is 0 Å². The first kappa shape index (κ1) is 14.4. The molecule has 0 bridgehead atoms. The van der Waals surface area contributed by atoms with Crippen LogP contribution in [0.25, 0.3) is 11.3 Å². The first-order chi connectivity index (χ1) is 9.48. The maximum atomic E-state index is 11.0. The minimum atomic E-state index is -3.79. The molecule has 2 rings (SSSR count). The van der Waals surface area contributed by atoms with Crippen LogP contribution in [0, 0.1) is 0 Å². The van der Waals surface area contributed by atoms with Crippen molar-refractivity contribution >= 4 is 15.9 Å². The van der Waals surface area contributed by atoms with Crippen molar-refractivity contribution in [1.29, 1.82) is 0 Å². The summed E-state index contributed by atoms with van der Waals surface area (Å²) in [5.74, 6) is 0. The summed E-state index contributed by atoms with van der Waals surface area (Å²) in [5.41, 5.74) is 1.75. The zero-order valence-corrected chi connectivity index (χ0v) is 11.7. The zero-order valence-electron chi connectivity index (χ0n) is 10.9. The molecule has 0 saturated carbocycles.